The molecular formula is C20H14FN3O2S. The fraction of sp³-hybridized carbons (Fsp3) is 0.0500. The van der Waals surface area contributed by atoms with Gasteiger partial charge in [0.1, 0.15) is 11.4 Å². The molecule has 0 radical (unpaired) electrons. The number of fused-ring (bicyclic) bond motifs is 1. The minimum atomic E-state index is -0.573. The topological polar surface area (TPSA) is 64.0 Å². The molecule has 0 saturated heterocycles. The second kappa shape index (κ2) is 6.77. The lowest BCUT2D eigenvalue weighted by molar-refractivity contribution is 0.102. The summed E-state index contributed by atoms with van der Waals surface area (Å²) in [4.78, 5) is 29.6. The van der Waals surface area contributed by atoms with Gasteiger partial charge in [0.25, 0.3) is 5.91 Å². The summed E-state index contributed by atoms with van der Waals surface area (Å²) in [5.41, 5.74) is 1.65. The first-order valence-electron chi connectivity index (χ1n) is 8.14. The summed E-state index contributed by atoms with van der Waals surface area (Å²) < 4.78 is 15.2. The molecule has 7 heteroatoms. The predicted molar refractivity (Wildman–Crippen MR) is 105 cm³/mol. The van der Waals surface area contributed by atoms with Crippen LogP contribution < -0.4 is 10.7 Å². The summed E-state index contributed by atoms with van der Waals surface area (Å²) in [6, 6.07) is 13.5. The number of thiazole rings is 1. The van der Waals surface area contributed by atoms with Crippen molar-refractivity contribution in [3.63, 3.8) is 0 Å². The number of carbonyl (C=O) groups excluding carboxylic acids is 1. The van der Waals surface area contributed by atoms with E-state index in [4.69, 9.17) is 0 Å². The van der Waals surface area contributed by atoms with Gasteiger partial charge in [-0.1, -0.05) is 30.3 Å². The van der Waals surface area contributed by atoms with E-state index < -0.39 is 17.2 Å². The van der Waals surface area contributed by atoms with Crippen molar-refractivity contribution >= 4 is 33.3 Å². The number of amides is 1. The number of anilines is 1. The Morgan fingerprint density at radius 1 is 1.19 bits per heavy atom. The molecule has 0 atom stereocenters. The average Bonchev–Trinajstić information content (AvgIpc) is 3.13. The van der Waals surface area contributed by atoms with Crippen molar-refractivity contribution in [2.45, 2.75) is 0 Å². The second-order valence-corrected chi connectivity index (χ2v) is 6.86. The van der Waals surface area contributed by atoms with E-state index in [0.29, 0.717) is 10.6 Å². The van der Waals surface area contributed by atoms with Crippen molar-refractivity contribution < 1.29 is 9.18 Å². The number of pyridine rings is 1. The van der Waals surface area contributed by atoms with Crippen LogP contribution in [0.15, 0.2) is 64.9 Å². The molecule has 0 saturated carbocycles. The molecule has 2 aromatic carbocycles. The maximum atomic E-state index is 13.5. The summed E-state index contributed by atoms with van der Waals surface area (Å²) >= 11 is 1.27. The first-order chi connectivity index (χ1) is 13.0. The highest BCUT2D eigenvalue weighted by Gasteiger charge is 2.16. The van der Waals surface area contributed by atoms with Crippen LogP contribution in [-0.2, 0) is 7.05 Å². The Balaban J connectivity index is 1.67. The molecular weight excluding hydrogens is 365 g/mol. The maximum absolute atomic E-state index is 13.5. The number of carbonyl (C=O) groups is 1. The van der Waals surface area contributed by atoms with Crippen LogP contribution in [0.2, 0.25) is 0 Å². The molecule has 27 heavy (non-hydrogen) atoms. The van der Waals surface area contributed by atoms with E-state index in [9.17, 15) is 14.0 Å². The van der Waals surface area contributed by atoms with Gasteiger partial charge in [-0.05, 0) is 18.2 Å². The minimum Gasteiger partial charge on any atom is -0.350 e. The summed E-state index contributed by atoms with van der Waals surface area (Å²) in [6.45, 7) is 0. The molecule has 5 nitrogen and oxygen atoms in total. The van der Waals surface area contributed by atoms with Gasteiger partial charge in [0.05, 0.1) is 11.2 Å². The van der Waals surface area contributed by atoms with Crippen LogP contribution in [-0.4, -0.2) is 15.5 Å². The van der Waals surface area contributed by atoms with Gasteiger partial charge in [-0.2, -0.15) is 0 Å². The molecule has 0 spiro atoms. The van der Waals surface area contributed by atoms with Crippen LogP contribution in [0.3, 0.4) is 0 Å². The molecule has 4 rings (SSSR count). The van der Waals surface area contributed by atoms with Gasteiger partial charge < -0.3 is 4.57 Å². The lowest BCUT2D eigenvalue weighted by Gasteiger charge is -2.08. The Morgan fingerprint density at radius 3 is 2.74 bits per heavy atom. The van der Waals surface area contributed by atoms with E-state index in [1.807, 2.05) is 35.7 Å². The SMILES string of the molecule is Cn1cc(C(=O)Nc2nc(-c3ccccc3)cs2)c(=O)c2cc(F)ccc21. The largest absolute Gasteiger partial charge is 0.350 e. The van der Waals surface area contributed by atoms with Crippen LogP contribution >= 0.6 is 11.3 Å². The first-order valence-corrected chi connectivity index (χ1v) is 9.02. The Hall–Kier alpha value is -3.32. The Labute approximate surface area is 157 Å². The fourth-order valence-electron chi connectivity index (χ4n) is 2.86. The quantitative estimate of drug-likeness (QED) is 0.584. The van der Waals surface area contributed by atoms with Gasteiger partial charge >= 0.3 is 0 Å². The average molecular weight is 379 g/mol. The number of hydrogen-bond donors (Lipinski definition) is 1. The normalized spacial score (nSPS) is 10.9. The summed E-state index contributed by atoms with van der Waals surface area (Å²) in [5.74, 6) is -1.10. The molecule has 0 bridgehead atoms. The molecule has 1 N–H and O–H groups in total. The van der Waals surface area contributed by atoms with Crippen molar-refractivity contribution in [1.82, 2.24) is 9.55 Å². The highest BCUT2D eigenvalue weighted by molar-refractivity contribution is 7.14. The third-order valence-corrected chi connectivity index (χ3v) is 4.95. The number of halogens is 1. The van der Waals surface area contributed by atoms with Crippen molar-refractivity contribution in [3.8, 4) is 11.3 Å². The zero-order chi connectivity index (χ0) is 19.0. The van der Waals surface area contributed by atoms with Gasteiger partial charge in [-0.3, -0.25) is 14.9 Å². The summed E-state index contributed by atoms with van der Waals surface area (Å²) in [5, 5.41) is 5.04. The van der Waals surface area contributed by atoms with Crippen molar-refractivity contribution in [1.29, 1.82) is 0 Å². The lowest BCUT2D eigenvalue weighted by atomic mass is 10.1. The maximum Gasteiger partial charge on any atom is 0.262 e. The van der Waals surface area contributed by atoms with Crippen molar-refractivity contribution in [3.05, 3.63) is 81.7 Å². The summed E-state index contributed by atoms with van der Waals surface area (Å²) in [6.07, 6.45) is 1.45. The van der Waals surface area contributed by atoms with Crippen molar-refractivity contribution in [2.75, 3.05) is 5.32 Å². The fourth-order valence-corrected chi connectivity index (χ4v) is 3.58. The monoisotopic (exact) mass is 379 g/mol. The van der Waals surface area contributed by atoms with Gasteiger partial charge in [0.15, 0.2) is 5.13 Å². The lowest BCUT2D eigenvalue weighted by Crippen LogP contribution is -2.23. The van der Waals surface area contributed by atoms with Crippen LogP contribution in [0, 0.1) is 5.82 Å². The standard InChI is InChI=1S/C20H14FN3O2S/c1-24-10-15(18(25)14-9-13(21)7-8-17(14)24)19(26)23-20-22-16(11-27-20)12-5-3-2-4-6-12/h2-11H,1H3,(H,22,23,26). The third kappa shape index (κ3) is 3.24. The van der Waals surface area contributed by atoms with Crippen LogP contribution in [0.4, 0.5) is 9.52 Å². The molecule has 0 aliphatic heterocycles. The molecule has 134 valence electrons. The Kier molecular flexibility index (Phi) is 4.29. The Bertz CT molecular complexity index is 1220. The molecule has 0 fully saturated rings. The van der Waals surface area contributed by atoms with Crippen LogP contribution in [0.1, 0.15) is 10.4 Å². The van der Waals surface area contributed by atoms with E-state index in [2.05, 4.69) is 10.3 Å². The van der Waals surface area contributed by atoms with E-state index in [1.54, 1.807) is 11.6 Å². The molecule has 0 unspecified atom stereocenters. The van der Waals surface area contributed by atoms with E-state index >= 15 is 0 Å². The Morgan fingerprint density at radius 2 is 1.96 bits per heavy atom. The van der Waals surface area contributed by atoms with E-state index in [0.717, 1.165) is 17.3 Å². The van der Waals surface area contributed by atoms with Crippen LogP contribution in [0.5, 0.6) is 0 Å². The molecule has 4 aromatic rings. The van der Waals surface area contributed by atoms with Gasteiger partial charge in [0.2, 0.25) is 5.43 Å². The van der Waals surface area contributed by atoms with E-state index in [1.165, 1.54) is 29.7 Å². The van der Waals surface area contributed by atoms with Gasteiger partial charge in [-0.15, -0.1) is 11.3 Å². The van der Waals surface area contributed by atoms with Crippen molar-refractivity contribution in [2.24, 2.45) is 7.05 Å². The number of aromatic nitrogens is 2. The van der Waals surface area contributed by atoms with Gasteiger partial charge in [0, 0.05) is 29.6 Å². The minimum absolute atomic E-state index is 0.0629. The smallest absolute Gasteiger partial charge is 0.262 e. The highest BCUT2D eigenvalue weighted by Crippen LogP contribution is 2.25. The number of rotatable bonds is 3. The zero-order valence-electron chi connectivity index (χ0n) is 14.3. The number of aryl methyl sites for hydroxylation is 1. The van der Waals surface area contributed by atoms with E-state index in [-0.39, 0.29) is 10.9 Å². The molecule has 2 aromatic heterocycles. The third-order valence-electron chi connectivity index (χ3n) is 4.19. The summed E-state index contributed by atoms with van der Waals surface area (Å²) in [7, 11) is 1.70. The predicted octanol–water partition coefficient (Wildman–Crippen LogP) is 4.05. The highest BCUT2D eigenvalue weighted by atomic mass is 32.1. The van der Waals surface area contributed by atoms with Crippen LogP contribution in [0.25, 0.3) is 22.2 Å². The first kappa shape index (κ1) is 17.1. The number of benzene rings is 2. The molecule has 2 heterocycles. The number of nitrogens with one attached hydrogen (secondary N) is 1. The second-order valence-electron chi connectivity index (χ2n) is 6.00. The van der Waals surface area contributed by atoms with Gasteiger partial charge in [-0.25, -0.2) is 9.37 Å². The zero-order valence-corrected chi connectivity index (χ0v) is 15.1. The number of hydrogen-bond acceptors (Lipinski definition) is 4. The number of nitrogens with zero attached hydrogens (tertiary/aromatic N) is 2. The molecule has 0 aliphatic rings. The molecule has 0 aliphatic carbocycles. The molecule has 1 amide bonds.